The first-order valence-corrected chi connectivity index (χ1v) is 14.0. The Labute approximate surface area is 202 Å². The molecule has 1 fully saturated rings. The number of Topliss-reactive ketones (excluding diaryl/α,β-unsaturated/α-hetero) is 1. The van der Waals surface area contributed by atoms with E-state index in [1.165, 1.54) is 27.3 Å². The van der Waals surface area contributed by atoms with Gasteiger partial charge in [0, 0.05) is 24.4 Å². The third-order valence-electron chi connectivity index (χ3n) is 5.55. The number of sulfonamides is 1. The normalized spacial score (nSPS) is 15.4. The van der Waals surface area contributed by atoms with Crippen molar-refractivity contribution >= 4 is 44.0 Å². The van der Waals surface area contributed by atoms with Crippen LogP contribution in [0.5, 0.6) is 0 Å². The fourth-order valence-corrected chi connectivity index (χ4v) is 6.74. The van der Waals surface area contributed by atoms with Gasteiger partial charge in [0.15, 0.2) is 10.1 Å². The van der Waals surface area contributed by atoms with Crippen molar-refractivity contribution in [3.63, 3.8) is 0 Å². The van der Waals surface area contributed by atoms with E-state index in [9.17, 15) is 13.2 Å². The number of benzene rings is 2. The first-order chi connectivity index (χ1) is 15.9. The Balaban J connectivity index is 1.34. The van der Waals surface area contributed by atoms with Crippen LogP contribution in [0.25, 0.3) is 0 Å². The van der Waals surface area contributed by atoms with E-state index in [0.29, 0.717) is 29.7 Å². The molecular weight excluding hydrogens is 476 g/mol. The second-order valence-corrected chi connectivity index (χ2v) is 12.2. The molecule has 0 amide bonds. The van der Waals surface area contributed by atoms with Crippen molar-refractivity contribution in [3.05, 3.63) is 65.7 Å². The second kappa shape index (κ2) is 10.8. The average Bonchev–Trinajstić information content (AvgIpc) is 3.30. The van der Waals surface area contributed by atoms with Crippen molar-refractivity contribution in [1.82, 2.24) is 14.5 Å². The molecule has 2 aromatic carbocycles. The smallest absolute Gasteiger partial charge is 0.243 e. The van der Waals surface area contributed by atoms with E-state index >= 15 is 0 Å². The van der Waals surface area contributed by atoms with E-state index in [1.54, 1.807) is 30.0 Å². The van der Waals surface area contributed by atoms with Gasteiger partial charge in [-0.05, 0) is 36.5 Å². The summed E-state index contributed by atoms with van der Waals surface area (Å²) in [4.78, 5) is 12.9. The molecule has 1 aliphatic rings. The van der Waals surface area contributed by atoms with Crippen LogP contribution in [0.15, 0.2) is 63.8 Å². The summed E-state index contributed by atoms with van der Waals surface area (Å²) in [5.41, 5.74) is 1.56. The highest BCUT2D eigenvalue weighted by atomic mass is 32.2. The maximum absolute atomic E-state index is 13.0. The van der Waals surface area contributed by atoms with Gasteiger partial charge in [-0.15, -0.1) is 10.2 Å². The molecule has 4 rings (SSSR count). The molecule has 174 valence electrons. The van der Waals surface area contributed by atoms with Crippen LogP contribution in [-0.2, 0) is 15.8 Å². The van der Waals surface area contributed by atoms with Gasteiger partial charge in [0.1, 0.15) is 0 Å². The first-order valence-electron chi connectivity index (χ1n) is 10.8. The maximum atomic E-state index is 13.0. The van der Waals surface area contributed by atoms with Crippen LogP contribution in [0.4, 0.5) is 5.13 Å². The summed E-state index contributed by atoms with van der Waals surface area (Å²) in [7, 11) is -3.60. The molecular formula is C23H26N4O3S3. The summed E-state index contributed by atoms with van der Waals surface area (Å²) in [6.45, 7) is 3.19. The molecule has 10 heteroatoms. The van der Waals surface area contributed by atoms with Gasteiger partial charge in [-0.25, -0.2) is 8.42 Å². The quantitative estimate of drug-likeness (QED) is 0.339. The zero-order chi connectivity index (χ0) is 23.3. The van der Waals surface area contributed by atoms with Gasteiger partial charge in [0.25, 0.3) is 0 Å². The molecule has 0 spiro atoms. The van der Waals surface area contributed by atoms with Gasteiger partial charge in [-0.2, -0.15) is 4.31 Å². The number of nitrogens with zero attached hydrogens (tertiary/aromatic N) is 3. The summed E-state index contributed by atoms with van der Waals surface area (Å²) in [5, 5.41) is 11.8. The number of aromatic nitrogens is 2. The van der Waals surface area contributed by atoms with Gasteiger partial charge in [-0.3, -0.25) is 4.79 Å². The molecule has 0 saturated carbocycles. The van der Waals surface area contributed by atoms with E-state index in [2.05, 4.69) is 34.6 Å². The molecule has 1 aromatic heterocycles. The minimum absolute atomic E-state index is 0.0166. The van der Waals surface area contributed by atoms with Gasteiger partial charge in [0.05, 0.1) is 11.4 Å². The highest BCUT2D eigenvalue weighted by Crippen LogP contribution is 2.28. The lowest BCUT2D eigenvalue weighted by Crippen LogP contribution is -2.37. The van der Waals surface area contributed by atoms with Gasteiger partial charge >= 0.3 is 0 Å². The lowest BCUT2D eigenvalue weighted by atomic mass is 10.0. The number of ketones is 1. The molecule has 0 bridgehead atoms. The number of hydrogen-bond donors (Lipinski definition) is 1. The number of rotatable bonds is 9. The third-order valence-corrected chi connectivity index (χ3v) is 9.53. The minimum atomic E-state index is -3.60. The molecule has 0 aliphatic carbocycles. The molecule has 1 aliphatic heterocycles. The van der Waals surface area contributed by atoms with E-state index in [-0.39, 0.29) is 17.2 Å². The average molecular weight is 503 g/mol. The minimum Gasteiger partial charge on any atom is -0.353 e. The van der Waals surface area contributed by atoms with Crippen LogP contribution in [-0.4, -0.2) is 48.3 Å². The van der Waals surface area contributed by atoms with E-state index in [0.717, 1.165) is 22.9 Å². The predicted octanol–water partition coefficient (Wildman–Crippen LogP) is 4.55. The second-order valence-electron chi connectivity index (χ2n) is 8.04. The fraction of sp³-hybridized carbons (Fsp3) is 0.348. The number of carbonyl (C=O) groups excluding carboxylic acids is 1. The van der Waals surface area contributed by atoms with Gasteiger partial charge < -0.3 is 5.32 Å². The van der Waals surface area contributed by atoms with Crippen molar-refractivity contribution in [3.8, 4) is 0 Å². The molecule has 33 heavy (non-hydrogen) atoms. The zero-order valence-corrected chi connectivity index (χ0v) is 20.8. The van der Waals surface area contributed by atoms with Gasteiger partial charge in [0.2, 0.25) is 15.2 Å². The highest BCUT2D eigenvalue weighted by Gasteiger charge is 2.28. The van der Waals surface area contributed by atoms with Crippen LogP contribution in [0.3, 0.4) is 0 Å². The molecule has 0 radical (unpaired) electrons. The summed E-state index contributed by atoms with van der Waals surface area (Å²) < 4.78 is 28.3. The number of hydrogen-bond acceptors (Lipinski definition) is 8. The fourth-order valence-electron chi connectivity index (χ4n) is 3.52. The van der Waals surface area contributed by atoms with Crippen LogP contribution < -0.4 is 5.32 Å². The predicted molar refractivity (Wildman–Crippen MR) is 132 cm³/mol. The Bertz CT molecular complexity index is 1190. The van der Waals surface area contributed by atoms with E-state index in [1.807, 2.05) is 18.2 Å². The van der Waals surface area contributed by atoms with Crippen molar-refractivity contribution in [2.24, 2.45) is 5.92 Å². The van der Waals surface area contributed by atoms with Gasteiger partial charge in [-0.1, -0.05) is 72.5 Å². The van der Waals surface area contributed by atoms with Crippen molar-refractivity contribution < 1.29 is 13.2 Å². The van der Waals surface area contributed by atoms with E-state index in [4.69, 9.17) is 0 Å². The maximum Gasteiger partial charge on any atom is 0.243 e. The monoisotopic (exact) mass is 502 g/mol. The first kappa shape index (κ1) is 23.9. The third kappa shape index (κ3) is 6.20. The summed E-state index contributed by atoms with van der Waals surface area (Å²) >= 11 is 2.98. The lowest BCUT2D eigenvalue weighted by Gasteiger charge is -2.29. The molecule has 1 saturated heterocycles. The Hall–Kier alpha value is -2.27. The largest absolute Gasteiger partial charge is 0.353 e. The summed E-state index contributed by atoms with van der Waals surface area (Å²) in [5.74, 6) is 1.13. The van der Waals surface area contributed by atoms with Crippen molar-refractivity contribution in [2.75, 3.05) is 25.0 Å². The molecule has 1 N–H and O–H groups in total. The topological polar surface area (TPSA) is 92.3 Å². The van der Waals surface area contributed by atoms with Crippen LogP contribution in [0, 0.1) is 5.92 Å². The lowest BCUT2D eigenvalue weighted by molar-refractivity contribution is 0.101. The zero-order valence-electron chi connectivity index (χ0n) is 18.3. The Morgan fingerprint density at radius 3 is 2.64 bits per heavy atom. The summed E-state index contributed by atoms with van der Waals surface area (Å²) in [6.07, 6.45) is 1.71. The molecule has 7 nitrogen and oxygen atoms in total. The Morgan fingerprint density at radius 2 is 1.88 bits per heavy atom. The number of thioether (sulfide) groups is 1. The molecule has 3 aromatic rings. The van der Waals surface area contributed by atoms with Crippen LogP contribution in [0.1, 0.15) is 35.7 Å². The number of piperidine rings is 1. The van der Waals surface area contributed by atoms with E-state index < -0.39 is 10.0 Å². The highest BCUT2D eigenvalue weighted by molar-refractivity contribution is 8.00. The van der Waals surface area contributed by atoms with Crippen molar-refractivity contribution in [1.29, 1.82) is 0 Å². The van der Waals surface area contributed by atoms with Crippen molar-refractivity contribution in [2.45, 2.75) is 34.8 Å². The SMILES string of the molecule is CC1CCN(S(=O)(=O)c2cccc(C(=O)CNc3nnc(SCc4ccccc4)s3)c2)CC1. The Kier molecular flexibility index (Phi) is 7.79. The number of carbonyl (C=O) groups is 1. The van der Waals surface area contributed by atoms with Crippen LogP contribution in [0.2, 0.25) is 0 Å². The molecule has 0 unspecified atom stereocenters. The Morgan fingerprint density at radius 1 is 1.12 bits per heavy atom. The standard InChI is InChI=1S/C23H26N4O3S3/c1-17-10-12-27(13-11-17)33(29,30)20-9-5-8-19(14-20)21(28)15-24-22-25-26-23(32-22)31-16-18-6-3-2-4-7-18/h2-9,14,17H,10-13,15-16H2,1H3,(H,24,25). The number of anilines is 1. The summed E-state index contributed by atoms with van der Waals surface area (Å²) in [6, 6.07) is 16.4. The van der Waals surface area contributed by atoms with Crippen LogP contribution >= 0.6 is 23.1 Å². The molecule has 0 atom stereocenters. The molecule has 2 heterocycles. The number of nitrogens with one attached hydrogen (secondary N) is 1.